The van der Waals surface area contributed by atoms with Crippen LogP contribution in [0.4, 0.5) is 0 Å². The third-order valence-electron chi connectivity index (χ3n) is 5.36. The number of fused-ring (bicyclic) bond motifs is 2. The summed E-state index contributed by atoms with van der Waals surface area (Å²) in [6, 6.07) is 19.3. The number of H-pyrrole nitrogens is 1. The van der Waals surface area contributed by atoms with Crippen molar-refractivity contribution in [1.29, 1.82) is 0 Å². The summed E-state index contributed by atoms with van der Waals surface area (Å²) in [5.41, 5.74) is 12.0. The van der Waals surface area contributed by atoms with E-state index in [9.17, 15) is 0 Å². The smallest absolute Gasteiger partial charge is 0.119 e. The first-order valence-electron chi connectivity index (χ1n) is 9.60. The number of rotatable bonds is 6. The fraction of sp³-hybridized carbons (Fsp3) is 0.250. The molecule has 1 aromatic heterocycles. The van der Waals surface area contributed by atoms with E-state index in [-0.39, 0.29) is 0 Å². The molecular weight excluding hydrogens is 332 g/mol. The predicted octanol–water partition coefficient (Wildman–Crippen LogP) is 5.59. The second-order valence-corrected chi connectivity index (χ2v) is 7.12. The highest BCUT2D eigenvalue weighted by Gasteiger charge is 2.17. The average Bonchev–Trinajstić information content (AvgIpc) is 3.06. The minimum atomic E-state index is 0.730. The first-order valence-corrected chi connectivity index (χ1v) is 9.60. The van der Waals surface area contributed by atoms with Gasteiger partial charge in [0.2, 0.25) is 0 Å². The summed E-state index contributed by atoms with van der Waals surface area (Å²) in [7, 11) is 1.73. The molecule has 3 nitrogen and oxygen atoms in total. The fourth-order valence-electron chi connectivity index (χ4n) is 3.99. The first kappa shape index (κ1) is 17.6. The summed E-state index contributed by atoms with van der Waals surface area (Å²) in [6.07, 6.45) is 3.12. The molecule has 4 aromatic rings. The van der Waals surface area contributed by atoms with E-state index in [2.05, 4.69) is 66.5 Å². The van der Waals surface area contributed by atoms with E-state index in [4.69, 9.17) is 10.5 Å². The van der Waals surface area contributed by atoms with Gasteiger partial charge in [-0.25, -0.2) is 0 Å². The highest BCUT2D eigenvalue weighted by atomic mass is 16.5. The van der Waals surface area contributed by atoms with Crippen molar-refractivity contribution in [3.05, 3.63) is 65.7 Å². The Bertz CT molecular complexity index is 1090. The van der Waals surface area contributed by atoms with E-state index in [1.165, 1.54) is 44.1 Å². The van der Waals surface area contributed by atoms with Crippen molar-refractivity contribution in [2.24, 2.45) is 5.73 Å². The maximum Gasteiger partial charge on any atom is 0.119 e. The lowest BCUT2D eigenvalue weighted by Crippen LogP contribution is -1.99. The van der Waals surface area contributed by atoms with Crippen molar-refractivity contribution in [2.45, 2.75) is 26.2 Å². The topological polar surface area (TPSA) is 51.0 Å². The summed E-state index contributed by atoms with van der Waals surface area (Å²) < 4.78 is 5.54. The summed E-state index contributed by atoms with van der Waals surface area (Å²) in [6.45, 7) is 2.87. The summed E-state index contributed by atoms with van der Waals surface area (Å²) in [5, 5.41) is 3.79. The Morgan fingerprint density at radius 2 is 1.78 bits per heavy atom. The van der Waals surface area contributed by atoms with Crippen LogP contribution >= 0.6 is 0 Å². The van der Waals surface area contributed by atoms with E-state index in [1.807, 2.05) is 0 Å². The van der Waals surface area contributed by atoms with E-state index in [0.29, 0.717) is 0 Å². The highest BCUT2D eigenvalue weighted by molar-refractivity contribution is 6.01. The van der Waals surface area contributed by atoms with Crippen molar-refractivity contribution < 1.29 is 4.74 Å². The number of nitrogens with two attached hydrogens (primary N) is 1. The molecule has 0 amide bonds. The summed E-state index contributed by atoms with van der Waals surface area (Å²) >= 11 is 0. The second-order valence-electron chi connectivity index (χ2n) is 7.12. The number of hydrogen-bond acceptors (Lipinski definition) is 2. The van der Waals surface area contributed by atoms with Gasteiger partial charge in [0.25, 0.3) is 0 Å². The number of benzene rings is 3. The average molecular weight is 358 g/mol. The van der Waals surface area contributed by atoms with Gasteiger partial charge in [-0.3, -0.25) is 0 Å². The number of hydrogen-bond donors (Lipinski definition) is 2. The van der Waals surface area contributed by atoms with E-state index < -0.39 is 0 Å². The minimum absolute atomic E-state index is 0.730. The fourth-order valence-corrected chi connectivity index (χ4v) is 3.99. The van der Waals surface area contributed by atoms with Crippen molar-refractivity contribution in [2.75, 3.05) is 13.7 Å². The highest BCUT2D eigenvalue weighted by Crippen LogP contribution is 2.38. The van der Waals surface area contributed by atoms with Gasteiger partial charge in [0.15, 0.2) is 0 Å². The molecule has 0 saturated heterocycles. The lowest BCUT2D eigenvalue weighted by Gasteiger charge is -2.09. The standard InChI is InChI=1S/C24H26N2O/c1-16-14-18(27-2)15-22-21(11-5-6-13-25)24(26-23(16)22)20-12-7-9-17-8-3-4-10-19(17)20/h3-4,7-10,12,14-15,26H,5-6,11,13,25H2,1-2H3. The molecule has 0 aliphatic heterocycles. The van der Waals surface area contributed by atoms with Gasteiger partial charge in [0, 0.05) is 16.5 Å². The van der Waals surface area contributed by atoms with Crippen LogP contribution < -0.4 is 10.5 Å². The zero-order valence-corrected chi connectivity index (χ0v) is 16.0. The molecule has 27 heavy (non-hydrogen) atoms. The van der Waals surface area contributed by atoms with Crippen LogP contribution in [0, 0.1) is 6.92 Å². The molecular formula is C24H26N2O. The van der Waals surface area contributed by atoms with Crippen LogP contribution in [0.1, 0.15) is 24.0 Å². The summed E-state index contributed by atoms with van der Waals surface area (Å²) in [5.74, 6) is 0.906. The van der Waals surface area contributed by atoms with Gasteiger partial charge in [-0.05, 0) is 66.8 Å². The maximum atomic E-state index is 5.75. The number of aromatic amines is 1. The molecule has 1 heterocycles. The lowest BCUT2D eigenvalue weighted by atomic mass is 9.96. The van der Waals surface area contributed by atoms with Gasteiger partial charge < -0.3 is 15.5 Å². The number of nitrogens with one attached hydrogen (secondary N) is 1. The number of unbranched alkanes of at least 4 members (excludes halogenated alkanes) is 1. The van der Waals surface area contributed by atoms with Crippen LogP contribution in [0.3, 0.4) is 0 Å². The van der Waals surface area contributed by atoms with Crippen LogP contribution in [-0.2, 0) is 6.42 Å². The predicted molar refractivity (Wildman–Crippen MR) is 115 cm³/mol. The van der Waals surface area contributed by atoms with Gasteiger partial charge in [0.1, 0.15) is 5.75 Å². The monoisotopic (exact) mass is 358 g/mol. The lowest BCUT2D eigenvalue weighted by molar-refractivity contribution is 0.415. The largest absolute Gasteiger partial charge is 0.497 e. The Morgan fingerprint density at radius 1 is 0.963 bits per heavy atom. The molecule has 0 aliphatic carbocycles. The van der Waals surface area contributed by atoms with Crippen molar-refractivity contribution in [1.82, 2.24) is 4.98 Å². The van der Waals surface area contributed by atoms with Gasteiger partial charge in [0.05, 0.1) is 12.8 Å². The molecule has 4 rings (SSSR count). The quantitative estimate of drug-likeness (QED) is 0.442. The molecule has 0 aliphatic rings. The Kier molecular flexibility index (Phi) is 4.87. The first-order chi connectivity index (χ1) is 13.2. The number of ether oxygens (including phenoxy) is 1. The Labute approximate surface area is 160 Å². The van der Waals surface area contributed by atoms with Crippen LogP contribution in [0.5, 0.6) is 5.75 Å². The van der Waals surface area contributed by atoms with Crippen LogP contribution in [0.25, 0.3) is 32.9 Å². The third kappa shape index (κ3) is 3.19. The Hall–Kier alpha value is -2.78. The molecule has 138 valence electrons. The van der Waals surface area contributed by atoms with Gasteiger partial charge in [-0.1, -0.05) is 42.5 Å². The second kappa shape index (κ2) is 7.45. The molecule has 0 saturated carbocycles. The number of aromatic nitrogens is 1. The zero-order chi connectivity index (χ0) is 18.8. The molecule has 0 spiro atoms. The Morgan fingerprint density at radius 3 is 2.59 bits per heavy atom. The number of methoxy groups -OCH3 is 1. The number of aryl methyl sites for hydroxylation is 2. The Balaban J connectivity index is 1.98. The molecule has 3 heteroatoms. The van der Waals surface area contributed by atoms with Crippen LogP contribution in [0.15, 0.2) is 54.6 Å². The van der Waals surface area contributed by atoms with Gasteiger partial charge >= 0.3 is 0 Å². The summed E-state index contributed by atoms with van der Waals surface area (Å²) in [4.78, 5) is 3.73. The molecule has 3 aromatic carbocycles. The van der Waals surface area contributed by atoms with E-state index >= 15 is 0 Å². The molecule has 0 atom stereocenters. The molecule has 0 unspecified atom stereocenters. The van der Waals surface area contributed by atoms with Crippen molar-refractivity contribution in [3.8, 4) is 17.0 Å². The molecule has 0 fully saturated rings. The van der Waals surface area contributed by atoms with Gasteiger partial charge in [-0.15, -0.1) is 0 Å². The van der Waals surface area contributed by atoms with Gasteiger partial charge in [-0.2, -0.15) is 0 Å². The van der Waals surface area contributed by atoms with E-state index in [1.54, 1.807) is 7.11 Å². The van der Waals surface area contributed by atoms with Crippen LogP contribution in [-0.4, -0.2) is 18.6 Å². The normalized spacial score (nSPS) is 11.4. The van der Waals surface area contributed by atoms with Crippen molar-refractivity contribution in [3.63, 3.8) is 0 Å². The SMILES string of the molecule is COc1cc(C)c2[nH]c(-c3cccc4ccccc34)c(CCCCN)c2c1. The van der Waals surface area contributed by atoms with Crippen LogP contribution in [0.2, 0.25) is 0 Å². The third-order valence-corrected chi connectivity index (χ3v) is 5.36. The van der Waals surface area contributed by atoms with E-state index in [0.717, 1.165) is 31.6 Å². The zero-order valence-electron chi connectivity index (χ0n) is 16.0. The maximum absolute atomic E-state index is 5.75. The molecule has 0 bridgehead atoms. The van der Waals surface area contributed by atoms with Crippen molar-refractivity contribution >= 4 is 21.7 Å². The molecule has 3 N–H and O–H groups in total. The molecule has 0 radical (unpaired) electrons. The minimum Gasteiger partial charge on any atom is -0.497 e.